The first-order chi connectivity index (χ1) is 30.4. The Balaban J connectivity index is 1.27. The summed E-state index contributed by atoms with van der Waals surface area (Å²) in [6.45, 7) is -0.826. The zero-order chi connectivity index (χ0) is 46.6. The Morgan fingerprint density at radius 3 is 1.95 bits per heavy atom. The molecule has 0 unspecified atom stereocenters. The number of benzene rings is 2. The molecule has 0 bridgehead atoms. The predicted octanol–water partition coefficient (Wildman–Crippen LogP) is -4.73. The van der Waals surface area contributed by atoms with Gasteiger partial charge in [-0.15, -0.1) is 0 Å². The van der Waals surface area contributed by atoms with E-state index in [0.717, 1.165) is 18.2 Å². The van der Waals surface area contributed by atoms with Crippen molar-refractivity contribution in [1.82, 2.24) is 0 Å². The highest BCUT2D eigenvalue weighted by Gasteiger charge is 2.54. The molecule has 19 atom stereocenters. The molecule has 0 amide bonds. The number of rotatable bonds is 15. The Morgan fingerprint density at radius 1 is 0.641 bits per heavy atom. The van der Waals surface area contributed by atoms with Crippen molar-refractivity contribution >= 4 is 12.0 Å². The molecule has 0 radical (unpaired) electrons. The third kappa shape index (κ3) is 11.4. The average Bonchev–Trinajstić information content (AvgIpc) is 3.26. The van der Waals surface area contributed by atoms with E-state index in [4.69, 9.17) is 42.6 Å². The van der Waals surface area contributed by atoms with Gasteiger partial charge in [0, 0.05) is 6.08 Å². The standard InChI is InChI=1S/C40H54O24/c1-15-34(63-38-30(52)26(48)22(46)13-57-38)29(51)32(54)40(59-15)64-36-33(55)39(56-9-8-17-3-6-19(43)21(45)11-17)61-24(14-58-37-31(53)28(50)27(49)23(12-41)60-37)35(36)62-25(47)7-4-16-2-5-18(42)20(44)10-16/h2-7,10-11,15,22-24,26-46,48-55H,8-9,12-14H2,1H3/b7-4+/t15-,22+,23+,24+,26-,27+,28-,29-,30+,31+,32+,33+,34-,35+,36+,37+,38-,39+,40-/m0/s1. The molecule has 2 aromatic carbocycles. The van der Waals surface area contributed by atoms with E-state index in [0.29, 0.717) is 5.56 Å². The van der Waals surface area contributed by atoms with Gasteiger partial charge in [-0.2, -0.15) is 0 Å². The van der Waals surface area contributed by atoms with Gasteiger partial charge in [-0.3, -0.25) is 0 Å². The van der Waals surface area contributed by atoms with Crippen molar-refractivity contribution in [3.63, 3.8) is 0 Å². The normalized spacial score (nSPS) is 39.5. The molecule has 4 aliphatic heterocycles. The Kier molecular flexibility index (Phi) is 16.7. The Bertz CT molecular complexity index is 1870. The maximum Gasteiger partial charge on any atom is 0.331 e. The number of phenolic OH excluding ortho intramolecular Hbond substituents is 4. The number of aliphatic hydroxyl groups excluding tert-OH is 10. The van der Waals surface area contributed by atoms with Gasteiger partial charge in [-0.1, -0.05) is 12.1 Å². The number of aliphatic hydroxyl groups is 10. The van der Waals surface area contributed by atoms with E-state index in [2.05, 4.69) is 0 Å². The third-order valence-electron chi connectivity index (χ3n) is 11.1. The number of hydrogen-bond acceptors (Lipinski definition) is 24. The number of carbonyl (C=O) groups is 1. The SMILES string of the molecule is C[C@@H]1O[C@@H](O[C@@H]2[C@@H](O)[C@H](OCCc3ccc(O)c(O)c3)O[C@H](CO[C@@H]3O[C@H](CO)[C@@H](O)[C@H](O)[C@H]3O)[C@H]2OC(=O)/C=C/c2ccc(O)c(O)c2)[C@H](O)[C@H](O)[C@H]1O[C@@H]1OC[C@@H](O)[C@H](O)[C@H]1O. The van der Waals surface area contributed by atoms with E-state index >= 15 is 0 Å². The fourth-order valence-electron chi connectivity index (χ4n) is 7.37. The quantitative estimate of drug-likeness (QED) is 0.0453. The third-order valence-corrected chi connectivity index (χ3v) is 11.1. The van der Waals surface area contributed by atoms with Crippen molar-refractivity contribution in [2.24, 2.45) is 0 Å². The molecule has 4 fully saturated rings. The van der Waals surface area contributed by atoms with E-state index in [-0.39, 0.29) is 24.3 Å². The number of hydrogen-bond donors (Lipinski definition) is 14. The maximum atomic E-state index is 13.5. The molecule has 4 saturated heterocycles. The van der Waals surface area contributed by atoms with Gasteiger partial charge in [0.1, 0.15) is 79.4 Å². The van der Waals surface area contributed by atoms with Gasteiger partial charge in [-0.05, 0) is 54.8 Å². The monoisotopic (exact) mass is 918 g/mol. The molecule has 4 aliphatic rings. The highest BCUT2D eigenvalue weighted by Crippen LogP contribution is 2.35. The molecule has 0 saturated carbocycles. The molecule has 24 nitrogen and oxygen atoms in total. The summed E-state index contributed by atoms with van der Waals surface area (Å²) >= 11 is 0. The summed E-state index contributed by atoms with van der Waals surface area (Å²) in [7, 11) is 0. The van der Waals surface area contributed by atoms with E-state index in [1.807, 2.05) is 0 Å². The van der Waals surface area contributed by atoms with E-state index in [1.54, 1.807) is 0 Å². The van der Waals surface area contributed by atoms with Crippen molar-refractivity contribution < 1.29 is 119 Å². The lowest BCUT2D eigenvalue weighted by Crippen LogP contribution is -2.66. The predicted molar refractivity (Wildman–Crippen MR) is 206 cm³/mol. The van der Waals surface area contributed by atoms with Gasteiger partial charge in [-0.25, -0.2) is 4.79 Å². The van der Waals surface area contributed by atoms with Crippen LogP contribution in [0.1, 0.15) is 18.1 Å². The molecule has 358 valence electrons. The number of esters is 1. The van der Waals surface area contributed by atoms with Crippen molar-refractivity contribution in [2.75, 3.05) is 26.4 Å². The summed E-state index contributed by atoms with van der Waals surface area (Å²) in [6.07, 6.45) is -30.2. The van der Waals surface area contributed by atoms with Crippen LogP contribution in [0.25, 0.3) is 6.08 Å². The first kappa shape index (κ1) is 49.6. The minimum Gasteiger partial charge on any atom is -0.504 e. The highest BCUT2D eigenvalue weighted by atomic mass is 16.8. The second-order valence-electron chi connectivity index (χ2n) is 15.6. The topological polar surface area (TPSA) is 383 Å². The van der Waals surface area contributed by atoms with Gasteiger partial charge in [0.2, 0.25) is 0 Å². The van der Waals surface area contributed by atoms with Crippen molar-refractivity contribution in [2.45, 2.75) is 130 Å². The lowest BCUT2D eigenvalue weighted by atomic mass is 9.96. The number of ether oxygens (including phenoxy) is 9. The number of phenols is 4. The first-order valence-corrected chi connectivity index (χ1v) is 20.2. The van der Waals surface area contributed by atoms with Gasteiger partial charge < -0.3 is 114 Å². The van der Waals surface area contributed by atoms with Crippen LogP contribution in [0, 0.1) is 0 Å². The summed E-state index contributed by atoms with van der Waals surface area (Å²) in [6, 6.07) is 7.64. The van der Waals surface area contributed by atoms with Crippen LogP contribution in [-0.4, -0.2) is 221 Å². The van der Waals surface area contributed by atoms with Crippen molar-refractivity contribution in [3.05, 3.63) is 53.6 Å². The van der Waals surface area contributed by atoms with Crippen molar-refractivity contribution in [1.29, 1.82) is 0 Å². The van der Waals surface area contributed by atoms with Crippen LogP contribution in [0.2, 0.25) is 0 Å². The fourth-order valence-corrected chi connectivity index (χ4v) is 7.37. The van der Waals surface area contributed by atoms with Crippen LogP contribution in [0.15, 0.2) is 42.5 Å². The van der Waals surface area contributed by atoms with Crippen LogP contribution in [0.5, 0.6) is 23.0 Å². The maximum absolute atomic E-state index is 13.5. The minimum atomic E-state index is -2.02. The van der Waals surface area contributed by atoms with E-state index in [1.165, 1.54) is 37.3 Å². The van der Waals surface area contributed by atoms with Gasteiger partial charge >= 0.3 is 5.97 Å². The van der Waals surface area contributed by atoms with Crippen molar-refractivity contribution in [3.8, 4) is 23.0 Å². The van der Waals surface area contributed by atoms with Crippen LogP contribution in [0.3, 0.4) is 0 Å². The van der Waals surface area contributed by atoms with Crippen LogP contribution in [-0.2, 0) is 53.8 Å². The molecule has 0 aromatic heterocycles. The van der Waals surface area contributed by atoms with E-state index < -0.39 is 160 Å². The van der Waals surface area contributed by atoms with Gasteiger partial charge in [0.15, 0.2) is 54.3 Å². The molecule has 2 aromatic rings. The minimum absolute atomic E-state index is 0.0684. The zero-order valence-corrected chi connectivity index (χ0v) is 34.0. The molecule has 6 rings (SSSR count). The van der Waals surface area contributed by atoms with Crippen LogP contribution >= 0.6 is 0 Å². The summed E-state index contributed by atoms with van der Waals surface area (Å²) in [5, 5.41) is 145. The largest absolute Gasteiger partial charge is 0.504 e. The lowest BCUT2D eigenvalue weighted by Gasteiger charge is -2.48. The average molecular weight is 919 g/mol. The Morgan fingerprint density at radius 2 is 1.27 bits per heavy atom. The molecule has 14 N–H and O–H groups in total. The first-order valence-electron chi connectivity index (χ1n) is 20.2. The van der Waals surface area contributed by atoms with Gasteiger partial charge in [0.25, 0.3) is 0 Å². The molecule has 64 heavy (non-hydrogen) atoms. The highest BCUT2D eigenvalue weighted by molar-refractivity contribution is 5.87. The summed E-state index contributed by atoms with van der Waals surface area (Å²) < 4.78 is 51.8. The number of carbonyl (C=O) groups excluding carboxylic acids is 1. The molecular formula is C40H54O24. The van der Waals surface area contributed by atoms with Crippen LogP contribution in [0.4, 0.5) is 0 Å². The molecule has 0 aliphatic carbocycles. The summed E-state index contributed by atoms with van der Waals surface area (Å²) in [5.74, 6) is -2.86. The lowest BCUT2D eigenvalue weighted by molar-refractivity contribution is -0.375. The zero-order valence-electron chi connectivity index (χ0n) is 34.0. The van der Waals surface area contributed by atoms with Crippen LogP contribution < -0.4 is 0 Å². The molecular weight excluding hydrogens is 864 g/mol. The summed E-state index contributed by atoms with van der Waals surface area (Å²) in [4.78, 5) is 13.5. The molecule has 4 heterocycles. The smallest absolute Gasteiger partial charge is 0.331 e. The second kappa shape index (κ2) is 21.6. The fraction of sp³-hybridized carbons (Fsp3) is 0.625. The molecule has 0 spiro atoms. The Hall–Kier alpha value is -3.87. The van der Waals surface area contributed by atoms with E-state index in [9.17, 15) is 76.3 Å². The second-order valence-corrected chi connectivity index (χ2v) is 15.6. The number of aromatic hydroxyl groups is 4. The Labute approximate surface area is 363 Å². The molecule has 24 heteroatoms. The summed E-state index contributed by atoms with van der Waals surface area (Å²) in [5.41, 5.74) is 0.708. The van der Waals surface area contributed by atoms with Gasteiger partial charge in [0.05, 0.1) is 32.5 Å².